The monoisotopic (exact) mass is 807 g/mol. The van der Waals surface area contributed by atoms with E-state index in [0.29, 0.717) is 97.6 Å². The van der Waals surface area contributed by atoms with Gasteiger partial charge in [0.2, 0.25) is 5.91 Å². The molecular formula is C39H55Cl2N5O9. The number of hydrogen-bond donors (Lipinski definition) is 3. The van der Waals surface area contributed by atoms with Gasteiger partial charge in [-0.25, -0.2) is 14.4 Å². The van der Waals surface area contributed by atoms with Gasteiger partial charge in [0.15, 0.2) is 0 Å². The van der Waals surface area contributed by atoms with Crippen molar-refractivity contribution in [3.8, 4) is 0 Å². The average molecular weight is 809 g/mol. The predicted octanol–water partition coefficient (Wildman–Crippen LogP) is 6.70. The minimum Gasteiger partial charge on any atom is -0.450 e. The fourth-order valence-electron chi connectivity index (χ4n) is 6.13. The number of Topliss-reactive ketones (excluding diaryl/α,β-unsaturated/α-hetero) is 1. The minimum atomic E-state index is -1.20. The molecule has 304 valence electrons. The second kappa shape index (κ2) is 21.7. The number of carbonyl (C=O) groups is 5. The van der Waals surface area contributed by atoms with Crippen LogP contribution in [0.2, 0.25) is 0 Å². The molecular weight excluding hydrogens is 753 g/mol. The van der Waals surface area contributed by atoms with Crippen molar-refractivity contribution in [3.63, 3.8) is 0 Å². The maximum Gasteiger partial charge on any atom is 0.409 e. The molecule has 0 unspecified atom stereocenters. The van der Waals surface area contributed by atoms with E-state index in [9.17, 15) is 29.1 Å². The number of alkyl halides is 2. The van der Waals surface area contributed by atoms with Gasteiger partial charge in [-0.2, -0.15) is 0 Å². The lowest BCUT2D eigenvalue weighted by molar-refractivity contribution is -0.122. The van der Waals surface area contributed by atoms with Crippen molar-refractivity contribution in [2.24, 2.45) is 0 Å². The fraction of sp³-hybridized carbons (Fsp3) is 0.564. The summed E-state index contributed by atoms with van der Waals surface area (Å²) in [6, 6.07) is 19.1. The fourth-order valence-corrected chi connectivity index (χ4v) is 6.51. The zero-order valence-corrected chi connectivity index (χ0v) is 33.7. The predicted molar refractivity (Wildman–Crippen MR) is 211 cm³/mol. The minimum absolute atomic E-state index is 0.0962. The Morgan fingerprint density at radius 2 is 1.05 bits per heavy atom. The Morgan fingerprint density at radius 3 is 1.45 bits per heavy atom. The molecule has 5 rings (SSSR count). The van der Waals surface area contributed by atoms with Crippen LogP contribution >= 0.6 is 23.2 Å². The van der Waals surface area contributed by atoms with Crippen LogP contribution in [0.4, 0.5) is 25.8 Å². The van der Waals surface area contributed by atoms with Gasteiger partial charge in [-0.15, -0.1) is 0 Å². The number of rotatable bonds is 8. The van der Waals surface area contributed by atoms with E-state index >= 15 is 0 Å². The van der Waals surface area contributed by atoms with E-state index in [1.165, 1.54) is 0 Å². The molecule has 0 spiro atoms. The lowest BCUT2D eigenvalue weighted by Gasteiger charge is -2.42. The van der Waals surface area contributed by atoms with Gasteiger partial charge in [0, 0.05) is 63.5 Å². The van der Waals surface area contributed by atoms with E-state index in [1.54, 1.807) is 42.4 Å². The van der Waals surface area contributed by atoms with E-state index in [0.717, 1.165) is 11.4 Å². The SMILES string of the molecule is CCOC(=O)N1CCC(=O)CC1.CCOC(=O)N1CCC(Nc2ccccc2)(C(=O)Nc2ccccc2)CC1.CCOC(=O)N1CCC(O)(C(C)(Cl)Cl)CC1. The van der Waals surface area contributed by atoms with Crippen molar-refractivity contribution in [2.75, 3.05) is 69.7 Å². The van der Waals surface area contributed by atoms with Crippen LogP contribution in [0.3, 0.4) is 0 Å². The number of aliphatic hydroxyl groups is 1. The van der Waals surface area contributed by atoms with Gasteiger partial charge in [0.25, 0.3) is 0 Å². The normalized spacial score (nSPS) is 17.6. The Hall–Kier alpha value is -4.27. The number of likely N-dealkylation sites (tertiary alicyclic amines) is 3. The van der Waals surface area contributed by atoms with Gasteiger partial charge < -0.3 is 44.7 Å². The summed E-state index contributed by atoms with van der Waals surface area (Å²) >= 11 is 11.8. The Kier molecular flexibility index (Phi) is 17.8. The topological polar surface area (TPSA) is 167 Å². The summed E-state index contributed by atoms with van der Waals surface area (Å²) in [5, 5.41) is 16.6. The molecule has 14 nitrogen and oxygen atoms in total. The highest BCUT2D eigenvalue weighted by atomic mass is 35.5. The Bertz CT molecular complexity index is 1520. The lowest BCUT2D eigenvalue weighted by atomic mass is 9.86. The zero-order chi connectivity index (χ0) is 40.5. The summed E-state index contributed by atoms with van der Waals surface area (Å²) in [4.78, 5) is 63.3. The summed E-state index contributed by atoms with van der Waals surface area (Å²) in [6.45, 7) is 10.7. The van der Waals surface area contributed by atoms with Crippen LogP contribution in [0.1, 0.15) is 66.2 Å². The molecule has 0 aliphatic carbocycles. The number of halogens is 2. The highest BCUT2D eigenvalue weighted by molar-refractivity contribution is 6.49. The van der Waals surface area contributed by atoms with Gasteiger partial charge in [-0.05, 0) is 77.6 Å². The van der Waals surface area contributed by atoms with Crippen molar-refractivity contribution in [1.82, 2.24) is 14.7 Å². The number of nitrogens with one attached hydrogen (secondary N) is 2. The molecule has 3 aliphatic heterocycles. The third kappa shape index (κ3) is 13.8. The quantitative estimate of drug-likeness (QED) is 0.193. The second-order valence-corrected chi connectivity index (χ2v) is 15.1. The van der Waals surface area contributed by atoms with Gasteiger partial charge in [0.1, 0.15) is 21.3 Å². The van der Waals surface area contributed by atoms with Gasteiger partial charge in [-0.3, -0.25) is 9.59 Å². The van der Waals surface area contributed by atoms with Crippen LogP contribution in [-0.2, 0) is 23.8 Å². The summed E-state index contributed by atoms with van der Waals surface area (Å²) in [5.74, 6) is 0.136. The van der Waals surface area contributed by atoms with Crippen molar-refractivity contribution in [3.05, 3.63) is 60.7 Å². The largest absolute Gasteiger partial charge is 0.450 e. The first-order chi connectivity index (χ1) is 26.2. The molecule has 0 saturated carbocycles. The smallest absolute Gasteiger partial charge is 0.409 e. The molecule has 2 aromatic rings. The first-order valence-corrected chi connectivity index (χ1v) is 19.5. The van der Waals surface area contributed by atoms with Crippen LogP contribution in [0.15, 0.2) is 60.7 Å². The molecule has 3 heterocycles. The maximum atomic E-state index is 13.2. The van der Waals surface area contributed by atoms with E-state index < -0.39 is 15.5 Å². The van der Waals surface area contributed by atoms with E-state index in [2.05, 4.69) is 10.6 Å². The van der Waals surface area contributed by atoms with Crippen LogP contribution in [0.5, 0.6) is 0 Å². The summed E-state index contributed by atoms with van der Waals surface area (Å²) < 4.78 is 13.6. The van der Waals surface area contributed by atoms with E-state index in [-0.39, 0.29) is 30.0 Å². The molecule has 3 aliphatic rings. The van der Waals surface area contributed by atoms with Gasteiger partial charge >= 0.3 is 18.3 Å². The number of para-hydroxylation sites is 2. The zero-order valence-electron chi connectivity index (χ0n) is 32.2. The van der Waals surface area contributed by atoms with Crippen molar-refractivity contribution < 1.29 is 43.3 Å². The molecule has 0 atom stereocenters. The number of piperidine rings is 3. The summed E-state index contributed by atoms with van der Waals surface area (Å²) in [5.41, 5.74) is -0.297. The van der Waals surface area contributed by atoms with Crippen LogP contribution < -0.4 is 10.6 Å². The third-order valence-corrected chi connectivity index (χ3v) is 10.3. The van der Waals surface area contributed by atoms with Crippen LogP contribution in [-0.4, -0.2) is 124 Å². The Labute approximate surface area is 333 Å². The van der Waals surface area contributed by atoms with Crippen LogP contribution in [0.25, 0.3) is 0 Å². The van der Waals surface area contributed by atoms with Crippen molar-refractivity contribution in [1.29, 1.82) is 0 Å². The van der Waals surface area contributed by atoms with Crippen molar-refractivity contribution in [2.45, 2.75) is 81.7 Å². The third-order valence-electron chi connectivity index (χ3n) is 9.55. The molecule has 16 heteroatoms. The first-order valence-electron chi connectivity index (χ1n) is 18.7. The first kappa shape index (κ1) is 45.1. The molecule has 4 amide bonds. The Balaban J connectivity index is 0.000000246. The number of benzene rings is 2. The van der Waals surface area contributed by atoms with Gasteiger partial charge in [-0.1, -0.05) is 59.6 Å². The number of amides is 4. The number of ketones is 1. The van der Waals surface area contributed by atoms with Crippen molar-refractivity contribution >= 4 is 64.5 Å². The lowest BCUT2D eigenvalue weighted by Crippen LogP contribution is -2.57. The molecule has 0 aromatic heterocycles. The summed E-state index contributed by atoms with van der Waals surface area (Å²) in [7, 11) is 0. The second-order valence-electron chi connectivity index (χ2n) is 13.4. The van der Waals surface area contributed by atoms with E-state index in [1.807, 2.05) is 60.7 Å². The number of nitrogens with zero attached hydrogens (tertiary/aromatic N) is 3. The highest BCUT2D eigenvalue weighted by Crippen LogP contribution is 2.40. The van der Waals surface area contributed by atoms with Crippen LogP contribution in [0, 0.1) is 0 Å². The number of carbonyl (C=O) groups excluding carboxylic acids is 5. The number of ether oxygens (including phenoxy) is 3. The molecule has 3 N–H and O–H groups in total. The molecule has 0 radical (unpaired) electrons. The molecule has 3 fully saturated rings. The average Bonchev–Trinajstić information content (AvgIpc) is 3.17. The highest BCUT2D eigenvalue weighted by Gasteiger charge is 2.47. The molecule has 55 heavy (non-hydrogen) atoms. The molecule has 0 bridgehead atoms. The Morgan fingerprint density at radius 1 is 0.673 bits per heavy atom. The summed E-state index contributed by atoms with van der Waals surface area (Å²) in [6.07, 6.45) is 1.68. The standard InChI is InChI=1S/C21H25N3O3.C10H17Cl2NO3.C8H13NO3/c1-2-27-20(26)24-15-13-21(14-16-24,23-18-11-7-4-8-12-18)19(25)22-17-9-5-3-6-10-17;1-3-16-8(14)13-6-4-10(15,5-7-13)9(2,11)12;1-2-12-8(11)9-5-3-7(10)4-6-9/h3-12,23H,2,13-16H2,1H3,(H,22,25);15H,3-7H2,1-2H3;2-6H2,1H3. The molecule has 2 aromatic carbocycles. The molecule has 3 saturated heterocycles. The van der Waals surface area contributed by atoms with E-state index in [4.69, 9.17) is 37.4 Å². The van der Waals surface area contributed by atoms with Gasteiger partial charge in [0.05, 0.1) is 19.8 Å². The number of anilines is 2. The number of hydrogen-bond acceptors (Lipinski definition) is 10. The maximum absolute atomic E-state index is 13.2.